The summed E-state index contributed by atoms with van der Waals surface area (Å²) in [6.45, 7) is 8.50. The Bertz CT molecular complexity index is 439. The SMILES string of the molecule is CCC1(C)CCN(CCC(NC)c2cccc(Br)c2)CC1. The normalized spacial score (nSPS) is 20.4. The van der Waals surface area contributed by atoms with Crippen molar-refractivity contribution in [2.45, 2.75) is 45.6 Å². The van der Waals surface area contributed by atoms with E-state index in [0.717, 1.165) is 4.47 Å². The van der Waals surface area contributed by atoms with Gasteiger partial charge in [-0.1, -0.05) is 48.3 Å². The number of rotatable bonds is 6. The highest BCUT2D eigenvalue weighted by Gasteiger charge is 2.28. The summed E-state index contributed by atoms with van der Waals surface area (Å²) in [5, 5.41) is 3.47. The zero-order valence-electron chi connectivity index (χ0n) is 13.7. The molecule has 1 aromatic carbocycles. The Morgan fingerprint density at radius 1 is 1.33 bits per heavy atom. The molecule has 1 fully saturated rings. The quantitative estimate of drug-likeness (QED) is 0.803. The van der Waals surface area contributed by atoms with Gasteiger partial charge in [0.1, 0.15) is 0 Å². The van der Waals surface area contributed by atoms with Gasteiger partial charge in [-0.15, -0.1) is 0 Å². The first kappa shape index (κ1) is 17.0. The van der Waals surface area contributed by atoms with E-state index in [1.165, 1.54) is 50.9 Å². The van der Waals surface area contributed by atoms with Gasteiger partial charge in [-0.25, -0.2) is 0 Å². The van der Waals surface area contributed by atoms with Crippen LogP contribution in [0.3, 0.4) is 0 Å². The lowest BCUT2D eigenvalue weighted by atomic mass is 9.78. The van der Waals surface area contributed by atoms with Crippen LogP contribution in [-0.2, 0) is 0 Å². The van der Waals surface area contributed by atoms with Crippen LogP contribution in [0.5, 0.6) is 0 Å². The molecule has 118 valence electrons. The molecule has 0 saturated carbocycles. The number of halogens is 1. The lowest BCUT2D eigenvalue weighted by molar-refractivity contribution is 0.111. The molecule has 2 rings (SSSR count). The number of piperidine rings is 1. The second-order valence-electron chi connectivity index (χ2n) is 6.69. The molecule has 1 unspecified atom stereocenters. The Morgan fingerprint density at radius 2 is 2.05 bits per heavy atom. The molecule has 0 aliphatic carbocycles. The summed E-state index contributed by atoms with van der Waals surface area (Å²) in [4.78, 5) is 2.64. The minimum absolute atomic E-state index is 0.446. The van der Waals surface area contributed by atoms with Crippen LogP contribution in [0, 0.1) is 5.41 Å². The summed E-state index contributed by atoms with van der Waals surface area (Å²) in [5.74, 6) is 0. The Morgan fingerprint density at radius 3 is 2.62 bits per heavy atom. The van der Waals surface area contributed by atoms with Crippen molar-refractivity contribution >= 4 is 15.9 Å². The Kier molecular flexibility index (Phi) is 6.27. The maximum absolute atomic E-state index is 3.57. The van der Waals surface area contributed by atoms with Gasteiger partial charge in [0, 0.05) is 10.5 Å². The highest BCUT2D eigenvalue weighted by Crippen LogP contribution is 2.34. The van der Waals surface area contributed by atoms with E-state index < -0.39 is 0 Å². The van der Waals surface area contributed by atoms with Crippen molar-refractivity contribution in [2.75, 3.05) is 26.7 Å². The molecule has 1 atom stereocenters. The standard InChI is InChI=1S/C18H29BrN2/c1-4-18(2)9-12-21(13-10-18)11-8-17(20-3)15-6-5-7-16(19)14-15/h5-7,14,17,20H,4,8-13H2,1-3H3. The molecule has 21 heavy (non-hydrogen) atoms. The third-order valence-electron chi connectivity index (χ3n) is 5.25. The zero-order valence-corrected chi connectivity index (χ0v) is 15.2. The number of benzene rings is 1. The summed E-state index contributed by atoms with van der Waals surface area (Å²) in [5.41, 5.74) is 1.96. The second kappa shape index (κ2) is 7.75. The van der Waals surface area contributed by atoms with Crippen molar-refractivity contribution in [3.05, 3.63) is 34.3 Å². The third-order valence-corrected chi connectivity index (χ3v) is 5.74. The van der Waals surface area contributed by atoms with Gasteiger partial charge in [0.2, 0.25) is 0 Å². The van der Waals surface area contributed by atoms with Gasteiger partial charge in [0.15, 0.2) is 0 Å². The average Bonchev–Trinajstić information content (AvgIpc) is 2.50. The highest BCUT2D eigenvalue weighted by molar-refractivity contribution is 9.10. The van der Waals surface area contributed by atoms with E-state index in [9.17, 15) is 0 Å². The van der Waals surface area contributed by atoms with Crippen LogP contribution in [0.4, 0.5) is 0 Å². The lowest BCUT2D eigenvalue weighted by Gasteiger charge is -2.39. The highest BCUT2D eigenvalue weighted by atomic mass is 79.9. The molecule has 1 aliphatic rings. The zero-order chi connectivity index (χ0) is 15.3. The van der Waals surface area contributed by atoms with Crippen molar-refractivity contribution in [2.24, 2.45) is 5.41 Å². The molecular formula is C18H29BrN2. The average molecular weight is 353 g/mol. The molecule has 1 N–H and O–H groups in total. The summed E-state index contributed by atoms with van der Waals surface area (Å²) < 4.78 is 1.16. The Hall–Kier alpha value is -0.380. The summed E-state index contributed by atoms with van der Waals surface area (Å²) in [6.07, 6.45) is 5.20. The maximum atomic E-state index is 3.57. The van der Waals surface area contributed by atoms with E-state index in [-0.39, 0.29) is 0 Å². The van der Waals surface area contributed by atoms with Crippen LogP contribution in [0.25, 0.3) is 0 Å². The topological polar surface area (TPSA) is 15.3 Å². The van der Waals surface area contributed by atoms with Crippen molar-refractivity contribution < 1.29 is 0 Å². The Labute approximate surface area is 138 Å². The van der Waals surface area contributed by atoms with Crippen molar-refractivity contribution in [3.63, 3.8) is 0 Å². The van der Waals surface area contributed by atoms with E-state index in [1.807, 2.05) is 0 Å². The molecule has 1 saturated heterocycles. The molecule has 1 aromatic rings. The fraction of sp³-hybridized carbons (Fsp3) is 0.667. The summed E-state index contributed by atoms with van der Waals surface area (Å²) in [6, 6.07) is 9.10. The smallest absolute Gasteiger partial charge is 0.0330 e. The van der Waals surface area contributed by atoms with Crippen LogP contribution < -0.4 is 5.32 Å². The molecule has 0 radical (unpaired) electrons. The van der Waals surface area contributed by atoms with E-state index in [1.54, 1.807) is 0 Å². The van der Waals surface area contributed by atoms with Gasteiger partial charge in [-0.05, 0) is 69.1 Å². The fourth-order valence-corrected chi connectivity index (χ4v) is 3.60. The Balaban J connectivity index is 1.84. The van der Waals surface area contributed by atoms with Crippen molar-refractivity contribution in [3.8, 4) is 0 Å². The number of nitrogens with one attached hydrogen (secondary N) is 1. The van der Waals surface area contributed by atoms with Crippen LogP contribution in [0.15, 0.2) is 28.7 Å². The predicted octanol–water partition coefficient (Wildman–Crippen LogP) is 4.61. The maximum Gasteiger partial charge on any atom is 0.0330 e. The molecule has 3 heteroatoms. The van der Waals surface area contributed by atoms with E-state index >= 15 is 0 Å². The largest absolute Gasteiger partial charge is 0.313 e. The van der Waals surface area contributed by atoms with Crippen LogP contribution in [0.1, 0.15) is 51.1 Å². The molecular weight excluding hydrogens is 324 g/mol. The summed E-state index contributed by atoms with van der Waals surface area (Å²) in [7, 11) is 2.07. The fourth-order valence-electron chi connectivity index (χ4n) is 3.18. The van der Waals surface area contributed by atoms with Gasteiger partial charge in [-0.2, -0.15) is 0 Å². The van der Waals surface area contributed by atoms with Crippen molar-refractivity contribution in [1.29, 1.82) is 0 Å². The molecule has 0 bridgehead atoms. The molecule has 0 aromatic heterocycles. The number of likely N-dealkylation sites (tertiary alicyclic amines) is 1. The minimum atomic E-state index is 0.446. The van der Waals surface area contributed by atoms with Crippen molar-refractivity contribution in [1.82, 2.24) is 10.2 Å². The van der Waals surface area contributed by atoms with Gasteiger partial charge in [0.25, 0.3) is 0 Å². The first-order valence-corrected chi connectivity index (χ1v) is 9.01. The number of hydrogen-bond acceptors (Lipinski definition) is 2. The van der Waals surface area contributed by atoms with Gasteiger partial charge >= 0.3 is 0 Å². The van der Waals surface area contributed by atoms with E-state index in [2.05, 4.69) is 71.3 Å². The van der Waals surface area contributed by atoms with Gasteiger partial charge in [-0.3, -0.25) is 0 Å². The van der Waals surface area contributed by atoms with Gasteiger partial charge in [0.05, 0.1) is 0 Å². The van der Waals surface area contributed by atoms with Gasteiger partial charge < -0.3 is 10.2 Å². The third kappa shape index (κ3) is 4.80. The minimum Gasteiger partial charge on any atom is -0.313 e. The number of hydrogen-bond donors (Lipinski definition) is 1. The summed E-state index contributed by atoms with van der Waals surface area (Å²) >= 11 is 3.57. The first-order chi connectivity index (χ1) is 10.1. The molecule has 1 aliphatic heterocycles. The van der Waals surface area contributed by atoms with Crippen LogP contribution in [-0.4, -0.2) is 31.6 Å². The second-order valence-corrected chi connectivity index (χ2v) is 7.61. The van der Waals surface area contributed by atoms with E-state index in [4.69, 9.17) is 0 Å². The molecule has 0 amide bonds. The van der Waals surface area contributed by atoms with E-state index in [0.29, 0.717) is 11.5 Å². The van der Waals surface area contributed by atoms with Crippen LogP contribution >= 0.6 is 15.9 Å². The molecule has 2 nitrogen and oxygen atoms in total. The molecule has 1 heterocycles. The lowest BCUT2D eigenvalue weighted by Crippen LogP contribution is -2.39. The predicted molar refractivity (Wildman–Crippen MR) is 94.6 cm³/mol. The number of nitrogens with zero attached hydrogens (tertiary/aromatic N) is 1. The molecule has 0 spiro atoms. The van der Waals surface area contributed by atoms with Crippen LogP contribution in [0.2, 0.25) is 0 Å². The first-order valence-electron chi connectivity index (χ1n) is 8.21. The monoisotopic (exact) mass is 352 g/mol.